The number of rotatable bonds is 6. The van der Waals surface area contributed by atoms with Crippen molar-refractivity contribution in [1.29, 1.82) is 0 Å². The summed E-state index contributed by atoms with van der Waals surface area (Å²) in [5.41, 5.74) is -0.596. The highest BCUT2D eigenvalue weighted by Gasteiger charge is 2.27. The Labute approximate surface area is 104 Å². The zero-order valence-electron chi connectivity index (χ0n) is 10.5. The highest BCUT2D eigenvalue weighted by Crippen LogP contribution is 2.26. The lowest BCUT2D eigenvalue weighted by atomic mass is 9.94. The van der Waals surface area contributed by atoms with Crippen molar-refractivity contribution >= 4 is 10.0 Å². The van der Waals surface area contributed by atoms with Crippen LogP contribution in [0.25, 0.3) is 0 Å². The molecular formula is C11H24N2O3S. The van der Waals surface area contributed by atoms with E-state index in [-0.39, 0.29) is 0 Å². The minimum absolute atomic E-state index is 0.370. The van der Waals surface area contributed by atoms with Crippen LogP contribution in [0, 0.1) is 0 Å². The van der Waals surface area contributed by atoms with Gasteiger partial charge in [-0.15, -0.1) is 0 Å². The second-order valence-electron chi connectivity index (χ2n) is 4.98. The van der Waals surface area contributed by atoms with Crippen molar-refractivity contribution in [1.82, 2.24) is 10.0 Å². The monoisotopic (exact) mass is 264 g/mol. The molecule has 0 atom stereocenters. The average molecular weight is 264 g/mol. The first kappa shape index (κ1) is 14.9. The van der Waals surface area contributed by atoms with Gasteiger partial charge in [0.15, 0.2) is 0 Å². The van der Waals surface area contributed by atoms with Gasteiger partial charge in [-0.2, -0.15) is 0 Å². The summed E-state index contributed by atoms with van der Waals surface area (Å²) in [7, 11) is -3.10. The number of nitrogens with one attached hydrogen (secondary N) is 2. The molecule has 0 aromatic carbocycles. The molecule has 0 aromatic heterocycles. The molecule has 0 radical (unpaired) electrons. The molecule has 0 aliphatic heterocycles. The lowest BCUT2D eigenvalue weighted by Gasteiger charge is -2.26. The molecule has 6 heteroatoms. The van der Waals surface area contributed by atoms with E-state index in [0.717, 1.165) is 31.9 Å². The fourth-order valence-electron chi connectivity index (χ4n) is 2.21. The van der Waals surface area contributed by atoms with Gasteiger partial charge in [0.1, 0.15) is 0 Å². The Balaban J connectivity index is 2.16. The maximum absolute atomic E-state index is 10.8. The third kappa shape index (κ3) is 6.98. The lowest BCUT2D eigenvalue weighted by molar-refractivity contribution is 0.0257. The van der Waals surface area contributed by atoms with E-state index in [1.54, 1.807) is 0 Å². The van der Waals surface area contributed by atoms with Crippen LogP contribution in [-0.4, -0.2) is 45.0 Å². The van der Waals surface area contributed by atoms with Gasteiger partial charge in [-0.1, -0.05) is 25.7 Å². The van der Waals surface area contributed by atoms with Gasteiger partial charge in [0.25, 0.3) is 0 Å². The quantitative estimate of drug-likeness (QED) is 0.473. The van der Waals surface area contributed by atoms with Gasteiger partial charge in [-0.25, -0.2) is 13.1 Å². The van der Waals surface area contributed by atoms with Gasteiger partial charge >= 0.3 is 0 Å². The third-order valence-corrected chi connectivity index (χ3v) is 3.88. The number of aliphatic hydroxyl groups is 1. The molecule has 0 saturated heterocycles. The number of sulfonamides is 1. The van der Waals surface area contributed by atoms with Crippen molar-refractivity contribution < 1.29 is 13.5 Å². The van der Waals surface area contributed by atoms with E-state index in [1.807, 2.05) is 0 Å². The van der Waals surface area contributed by atoms with Crippen LogP contribution in [0.3, 0.4) is 0 Å². The molecule has 17 heavy (non-hydrogen) atoms. The molecule has 102 valence electrons. The summed E-state index contributed by atoms with van der Waals surface area (Å²) in [6.45, 7) is 1.47. The average Bonchev–Trinajstić information content (AvgIpc) is 2.41. The molecule has 0 amide bonds. The normalized spacial score (nSPS) is 21.1. The molecule has 0 bridgehead atoms. The van der Waals surface area contributed by atoms with Crippen LogP contribution < -0.4 is 10.0 Å². The van der Waals surface area contributed by atoms with Crippen LogP contribution in [0.4, 0.5) is 0 Å². The predicted octanol–water partition coefficient (Wildman–Crippen LogP) is 0.210. The summed E-state index contributed by atoms with van der Waals surface area (Å²) in [5, 5.41) is 13.4. The zero-order chi connectivity index (χ0) is 12.8. The maximum Gasteiger partial charge on any atom is 0.208 e. The van der Waals surface area contributed by atoms with E-state index >= 15 is 0 Å². The van der Waals surface area contributed by atoms with Gasteiger partial charge in [0.2, 0.25) is 10.0 Å². The summed E-state index contributed by atoms with van der Waals surface area (Å²) < 4.78 is 24.0. The minimum Gasteiger partial charge on any atom is -0.389 e. The highest BCUT2D eigenvalue weighted by molar-refractivity contribution is 7.88. The van der Waals surface area contributed by atoms with Crippen molar-refractivity contribution in [2.45, 2.75) is 44.1 Å². The SMILES string of the molecule is CS(=O)(=O)NCCNCC1(O)CCCCCC1. The molecule has 1 rings (SSSR count). The van der Waals surface area contributed by atoms with Crippen LogP contribution in [0.2, 0.25) is 0 Å². The Bertz CT molecular complexity index is 309. The summed E-state index contributed by atoms with van der Waals surface area (Å²) >= 11 is 0. The minimum atomic E-state index is -3.10. The van der Waals surface area contributed by atoms with E-state index in [9.17, 15) is 13.5 Å². The standard InChI is InChI=1S/C11H24N2O3S/c1-17(15,16)13-9-8-12-10-11(14)6-4-2-3-5-7-11/h12-14H,2-10H2,1H3. The first-order valence-corrected chi connectivity index (χ1v) is 8.18. The molecule has 1 aliphatic rings. The number of hydrogen-bond donors (Lipinski definition) is 3. The maximum atomic E-state index is 10.8. The molecule has 5 nitrogen and oxygen atoms in total. The first-order chi connectivity index (χ1) is 7.91. The molecule has 0 spiro atoms. The summed E-state index contributed by atoms with van der Waals surface area (Å²) in [6, 6.07) is 0. The Kier molecular flexibility index (Phi) is 5.85. The van der Waals surface area contributed by atoms with E-state index in [2.05, 4.69) is 10.0 Å². The summed E-state index contributed by atoms with van der Waals surface area (Å²) in [5.74, 6) is 0. The second-order valence-corrected chi connectivity index (χ2v) is 6.81. The molecule has 0 aromatic rings. The van der Waals surface area contributed by atoms with E-state index in [4.69, 9.17) is 0 Å². The third-order valence-electron chi connectivity index (χ3n) is 3.15. The van der Waals surface area contributed by atoms with Crippen LogP contribution in [0.15, 0.2) is 0 Å². The first-order valence-electron chi connectivity index (χ1n) is 6.29. The van der Waals surface area contributed by atoms with Gasteiger partial charge < -0.3 is 10.4 Å². The summed E-state index contributed by atoms with van der Waals surface area (Å²) in [6.07, 6.45) is 7.42. The molecule has 1 saturated carbocycles. The molecular weight excluding hydrogens is 240 g/mol. The molecule has 0 unspecified atom stereocenters. The Morgan fingerprint density at radius 2 is 1.71 bits per heavy atom. The fourth-order valence-corrected chi connectivity index (χ4v) is 2.68. The van der Waals surface area contributed by atoms with Crippen molar-refractivity contribution in [3.8, 4) is 0 Å². The Morgan fingerprint density at radius 3 is 2.24 bits per heavy atom. The predicted molar refractivity (Wildman–Crippen MR) is 68.4 cm³/mol. The molecule has 1 aliphatic carbocycles. The van der Waals surface area contributed by atoms with Gasteiger partial charge in [0, 0.05) is 19.6 Å². The lowest BCUT2D eigenvalue weighted by Crippen LogP contribution is -2.42. The largest absolute Gasteiger partial charge is 0.389 e. The Morgan fingerprint density at radius 1 is 1.12 bits per heavy atom. The molecule has 1 fully saturated rings. The van der Waals surface area contributed by atoms with Crippen molar-refractivity contribution in [2.75, 3.05) is 25.9 Å². The summed E-state index contributed by atoms with van der Waals surface area (Å²) in [4.78, 5) is 0. The van der Waals surface area contributed by atoms with Gasteiger partial charge in [0.05, 0.1) is 11.9 Å². The van der Waals surface area contributed by atoms with Gasteiger partial charge in [-0.05, 0) is 12.8 Å². The smallest absolute Gasteiger partial charge is 0.208 e. The fraction of sp³-hybridized carbons (Fsp3) is 1.00. The van der Waals surface area contributed by atoms with E-state index < -0.39 is 15.6 Å². The molecule has 3 N–H and O–H groups in total. The molecule has 0 heterocycles. The van der Waals surface area contributed by atoms with Crippen LogP contribution >= 0.6 is 0 Å². The highest BCUT2D eigenvalue weighted by atomic mass is 32.2. The van der Waals surface area contributed by atoms with E-state index in [0.29, 0.717) is 19.6 Å². The van der Waals surface area contributed by atoms with Crippen molar-refractivity contribution in [2.24, 2.45) is 0 Å². The second kappa shape index (κ2) is 6.68. The topological polar surface area (TPSA) is 78.4 Å². The number of hydrogen-bond acceptors (Lipinski definition) is 4. The Hall–Kier alpha value is -0.170. The van der Waals surface area contributed by atoms with E-state index in [1.165, 1.54) is 12.8 Å². The van der Waals surface area contributed by atoms with Crippen molar-refractivity contribution in [3.05, 3.63) is 0 Å². The van der Waals surface area contributed by atoms with Gasteiger partial charge in [-0.3, -0.25) is 0 Å². The zero-order valence-corrected chi connectivity index (χ0v) is 11.4. The van der Waals surface area contributed by atoms with Crippen molar-refractivity contribution in [3.63, 3.8) is 0 Å². The van der Waals surface area contributed by atoms with Crippen LogP contribution in [-0.2, 0) is 10.0 Å². The van der Waals surface area contributed by atoms with Crippen LogP contribution in [0.1, 0.15) is 38.5 Å². The van der Waals surface area contributed by atoms with Crippen LogP contribution in [0.5, 0.6) is 0 Å².